The normalized spacial score (nSPS) is 48.9. The predicted molar refractivity (Wildman–Crippen MR) is 41.2 cm³/mol. The highest BCUT2D eigenvalue weighted by molar-refractivity contribution is 5.78. The van der Waals surface area contributed by atoms with E-state index in [-0.39, 0.29) is 0 Å². The van der Waals surface area contributed by atoms with Crippen LogP contribution in [-0.2, 0) is 4.79 Å². The minimum absolute atomic E-state index is 0.734. The second-order valence-electron chi connectivity index (χ2n) is 3.43. The Morgan fingerprint density at radius 3 is 2.07 bits per heavy atom. The predicted octanol–water partition coefficient (Wildman–Crippen LogP) is -3.35. The van der Waals surface area contributed by atoms with Crippen molar-refractivity contribution in [1.82, 2.24) is 0 Å². The van der Waals surface area contributed by atoms with Gasteiger partial charge in [0.2, 0.25) is 0 Å². The Balaban J connectivity index is 2.96. The summed E-state index contributed by atoms with van der Waals surface area (Å²) in [6.07, 6.45) is -7.90. The fraction of sp³-hybridized carbons (Fsp3) is 0.857. The highest BCUT2D eigenvalue weighted by Crippen LogP contribution is 2.29. The molecule has 14 heavy (non-hydrogen) atoms. The van der Waals surface area contributed by atoms with Crippen LogP contribution in [-0.4, -0.2) is 66.6 Å². The monoisotopic (exact) mass is 208 g/mol. The molecule has 0 aromatic heterocycles. The van der Waals surface area contributed by atoms with Crippen molar-refractivity contribution in [1.29, 1.82) is 0 Å². The van der Waals surface area contributed by atoms with Gasteiger partial charge in [-0.1, -0.05) is 0 Å². The molecule has 0 bridgehead atoms. The Morgan fingerprint density at radius 2 is 1.64 bits per heavy atom. The van der Waals surface area contributed by atoms with Crippen LogP contribution in [0.4, 0.5) is 0 Å². The first-order chi connectivity index (χ1) is 6.30. The zero-order valence-electron chi connectivity index (χ0n) is 7.11. The third kappa shape index (κ3) is 1.49. The average Bonchev–Trinajstić information content (AvgIpc) is 2.11. The lowest BCUT2D eigenvalue weighted by molar-refractivity contribution is -0.227. The number of aliphatic carboxylic acids is 1. The number of carboxylic acid groups (broad SMARTS) is 1. The van der Waals surface area contributed by atoms with Crippen LogP contribution in [0.1, 0.15) is 6.42 Å². The van der Waals surface area contributed by atoms with E-state index in [1.54, 1.807) is 0 Å². The first kappa shape index (κ1) is 11.3. The molecule has 0 saturated heterocycles. The summed E-state index contributed by atoms with van der Waals surface area (Å²) in [7, 11) is 0. The van der Waals surface area contributed by atoms with Crippen molar-refractivity contribution < 1.29 is 35.4 Å². The molecule has 0 aromatic carbocycles. The van der Waals surface area contributed by atoms with Crippen molar-refractivity contribution in [2.24, 2.45) is 0 Å². The van der Waals surface area contributed by atoms with Crippen molar-refractivity contribution in [3.8, 4) is 0 Å². The summed E-state index contributed by atoms with van der Waals surface area (Å²) >= 11 is 0. The summed E-state index contributed by atoms with van der Waals surface area (Å²) in [4.78, 5) is 10.6. The number of carboxylic acids is 1. The Kier molecular flexibility index (Phi) is 2.79. The molecule has 5 atom stereocenters. The lowest BCUT2D eigenvalue weighted by Gasteiger charge is -2.41. The van der Waals surface area contributed by atoms with Gasteiger partial charge in [0, 0.05) is 6.42 Å². The van der Waals surface area contributed by atoms with E-state index in [2.05, 4.69) is 0 Å². The largest absolute Gasteiger partial charge is 0.479 e. The molecule has 0 aromatic rings. The van der Waals surface area contributed by atoms with Crippen LogP contribution in [0.2, 0.25) is 0 Å². The minimum atomic E-state index is -2.63. The van der Waals surface area contributed by atoms with E-state index in [0.29, 0.717) is 0 Å². The highest BCUT2D eigenvalue weighted by atomic mass is 16.4. The Hall–Kier alpha value is -0.730. The van der Waals surface area contributed by atoms with Gasteiger partial charge in [0.15, 0.2) is 5.60 Å². The van der Waals surface area contributed by atoms with Crippen molar-refractivity contribution in [3.63, 3.8) is 0 Å². The first-order valence-corrected chi connectivity index (χ1v) is 3.98. The highest BCUT2D eigenvalue weighted by Gasteiger charge is 2.55. The maximum atomic E-state index is 10.6. The van der Waals surface area contributed by atoms with Crippen LogP contribution in [0, 0.1) is 0 Å². The molecule has 0 unspecified atom stereocenters. The molecule has 0 amide bonds. The van der Waals surface area contributed by atoms with Crippen molar-refractivity contribution >= 4 is 5.97 Å². The number of hydrogen-bond donors (Lipinski definition) is 6. The van der Waals surface area contributed by atoms with Crippen molar-refractivity contribution in [2.45, 2.75) is 36.4 Å². The van der Waals surface area contributed by atoms with E-state index >= 15 is 0 Å². The zero-order chi connectivity index (χ0) is 11.1. The van der Waals surface area contributed by atoms with Crippen LogP contribution in [0.25, 0.3) is 0 Å². The van der Waals surface area contributed by atoms with E-state index in [4.69, 9.17) is 20.4 Å². The lowest BCUT2D eigenvalue weighted by Crippen LogP contribution is -2.65. The van der Waals surface area contributed by atoms with E-state index in [9.17, 15) is 15.0 Å². The third-order valence-electron chi connectivity index (χ3n) is 2.45. The van der Waals surface area contributed by atoms with Gasteiger partial charge in [0.25, 0.3) is 0 Å². The number of carbonyl (C=O) groups is 1. The van der Waals surface area contributed by atoms with Gasteiger partial charge in [-0.3, -0.25) is 0 Å². The second kappa shape index (κ2) is 3.44. The van der Waals surface area contributed by atoms with Gasteiger partial charge in [-0.05, 0) is 0 Å². The number of aliphatic hydroxyl groups excluding tert-OH is 4. The van der Waals surface area contributed by atoms with Crippen LogP contribution < -0.4 is 0 Å². The zero-order valence-corrected chi connectivity index (χ0v) is 7.11. The molecular formula is C7H12O7. The topological polar surface area (TPSA) is 138 Å². The number of hydrogen-bond acceptors (Lipinski definition) is 6. The molecule has 6 N–H and O–H groups in total. The molecule has 1 fully saturated rings. The van der Waals surface area contributed by atoms with Crippen LogP contribution in [0.3, 0.4) is 0 Å². The van der Waals surface area contributed by atoms with E-state index in [0.717, 1.165) is 0 Å². The average molecular weight is 208 g/mol. The molecule has 82 valence electrons. The van der Waals surface area contributed by atoms with E-state index < -0.39 is 42.4 Å². The lowest BCUT2D eigenvalue weighted by atomic mass is 9.77. The minimum Gasteiger partial charge on any atom is -0.479 e. The maximum absolute atomic E-state index is 10.6. The van der Waals surface area contributed by atoms with Gasteiger partial charge in [-0.25, -0.2) is 4.79 Å². The molecular weight excluding hydrogens is 196 g/mol. The standard InChI is InChI=1S/C7H12O7/c8-2-1-7(14,6(12)13)5(11)4(10)3(2)9/h2-5,8-11,14H,1H2,(H,12,13)/t2-,3+,4+,5-,7-/m1/s1. The molecule has 0 aliphatic heterocycles. The van der Waals surface area contributed by atoms with Crippen LogP contribution in [0.15, 0.2) is 0 Å². The molecule has 0 heterocycles. The van der Waals surface area contributed by atoms with Crippen LogP contribution in [0.5, 0.6) is 0 Å². The summed E-state index contributed by atoms with van der Waals surface area (Å²) in [5.74, 6) is -1.75. The molecule has 1 aliphatic carbocycles. The summed E-state index contributed by atoms with van der Waals surface area (Å²) in [5.41, 5.74) is -2.63. The van der Waals surface area contributed by atoms with Gasteiger partial charge in [-0.15, -0.1) is 0 Å². The first-order valence-electron chi connectivity index (χ1n) is 3.98. The van der Waals surface area contributed by atoms with E-state index in [1.807, 2.05) is 0 Å². The van der Waals surface area contributed by atoms with Gasteiger partial charge < -0.3 is 30.6 Å². The fourth-order valence-electron chi connectivity index (χ4n) is 1.47. The quantitative estimate of drug-likeness (QED) is 0.264. The Bertz CT molecular complexity index is 242. The van der Waals surface area contributed by atoms with Crippen molar-refractivity contribution in [3.05, 3.63) is 0 Å². The second-order valence-corrected chi connectivity index (χ2v) is 3.43. The molecule has 1 saturated carbocycles. The van der Waals surface area contributed by atoms with Gasteiger partial charge >= 0.3 is 5.97 Å². The molecule has 7 heteroatoms. The molecule has 1 aliphatic rings. The van der Waals surface area contributed by atoms with Gasteiger partial charge in [0.1, 0.15) is 18.3 Å². The fourth-order valence-corrected chi connectivity index (χ4v) is 1.47. The van der Waals surface area contributed by atoms with E-state index in [1.165, 1.54) is 0 Å². The smallest absolute Gasteiger partial charge is 0.338 e. The molecule has 7 nitrogen and oxygen atoms in total. The summed E-state index contributed by atoms with van der Waals surface area (Å²) in [6.45, 7) is 0. The Morgan fingerprint density at radius 1 is 1.14 bits per heavy atom. The SMILES string of the molecule is O=C(O)[C@@]1(O)C[C@@H](O)[C@H](O)[C@H](O)[C@H]1O. The van der Waals surface area contributed by atoms with Gasteiger partial charge in [0.05, 0.1) is 6.10 Å². The molecule has 0 spiro atoms. The number of aliphatic hydroxyl groups is 5. The third-order valence-corrected chi connectivity index (χ3v) is 2.45. The van der Waals surface area contributed by atoms with Crippen LogP contribution >= 0.6 is 0 Å². The number of rotatable bonds is 1. The van der Waals surface area contributed by atoms with Crippen molar-refractivity contribution in [2.75, 3.05) is 0 Å². The summed E-state index contributed by atoms with van der Waals surface area (Å²) in [6, 6.07) is 0. The Labute approximate surface area is 78.8 Å². The summed E-state index contributed by atoms with van der Waals surface area (Å²) < 4.78 is 0. The summed E-state index contributed by atoms with van der Waals surface area (Å²) in [5, 5.41) is 54.5. The van der Waals surface area contributed by atoms with Gasteiger partial charge in [-0.2, -0.15) is 0 Å². The molecule has 1 rings (SSSR count). The molecule has 0 radical (unpaired) electrons. The maximum Gasteiger partial charge on any atom is 0.338 e.